The fraction of sp³-hybridized carbons (Fsp3) is 0.795. The monoisotopic (exact) mass is 800 g/mol. The SMILES string of the molecule is CCC(NC(=O)C(CCC(=O)O)NC(=O)COCCOCCNC(=O)CCC(NC(=O)CCCCCCCCCCCCCCCCC(=O)O)C(=O)O)C(C)=O. The summed E-state index contributed by atoms with van der Waals surface area (Å²) in [7, 11) is 0. The highest BCUT2D eigenvalue weighted by Crippen LogP contribution is 2.14. The van der Waals surface area contributed by atoms with Gasteiger partial charge in [0.2, 0.25) is 23.6 Å². The molecule has 4 amide bonds. The minimum absolute atomic E-state index is 0.0121. The Morgan fingerprint density at radius 1 is 0.500 bits per heavy atom. The molecule has 0 aliphatic heterocycles. The maximum atomic E-state index is 12.6. The second-order valence-corrected chi connectivity index (χ2v) is 14.0. The number of Topliss-reactive ketones (excluding diaryl/α,β-unsaturated/α-hetero) is 1. The number of aliphatic carboxylic acids is 3. The molecule has 0 radical (unpaired) electrons. The Morgan fingerprint density at radius 2 is 0.982 bits per heavy atom. The summed E-state index contributed by atoms with van der Waals surface area (Å²) in [6.45, 7) is 2.95. The molecule has 0 spiro atoms. The summed E-state index contributed by atoms with van der Waals surface area (Å²) in [4.78, 5) is 94.1. The first kappa shape index (κ1) is 51.9. The summed E-state index contributed by atoms with van der Waals surface area (Å²) in [6, 6.07) is -3.09. The normalized spacial score (nSPS) is 12.5. The summed E-state index contributed by atoms with van der Waals surface area (Å²) in [5.74, 6) is -5.43. The zero-order chi connectivity index (χ0) is 42.0. The van der Waals surface area contributed by atoms with Crippen molar-refractivity contribution in [3.63, 3.8) is 0 Å². The Balaban J connectivity index is 4.01. The highest BCUT2D eigenvalue weighted by atomic mass is 16.5. The molecule has 0 rings (SSSR count). The maximum absolute atomic E-state index is 12.6. The molecular formula is C39H68N4O13. The zero-order valence-corrected chi connectivity index (χ0v) is 33.5. The molecule has 3 unspecified atom stereocenters. The van der Waals surface area contributed by atoms with Gasteiger partial charge in [-0.25, -0.2) is 4.79 Å². The van der Waals surface area contributed by atoms with Crippen LogP contribution >= 0.6 is 0 Å². The summed E-state index contributed by atoms with van der Waals surface area (Å²) < 4.78 is 10.6. The molecule has 3 atom stereocenters. The van der Waals surface area contributed by atoms with Crippen molar-refractivity contribution in [2.75, 3.05) is 33.0 Å². The predicted octanol–water partition coefficient (Wildman–Crippen LogP) is 3.65. The lowest BCUT2D eigenvalue weighted by molar-refractivity contribution is -0.142. The number of amides is 4. The van der Waals surface area contributed by atoms with Gasteiger partial charge in [0.1, 0.15) is 18.7 Å². The summed E-state index contributed by atoms with van der Waals surface area (Å²) in [5, 5.41) is 37.2. The number of unbranched alkanes of at least 4 members (excludes halogenated alkanes) is 13. The van der Waals surface area contributed by atoms with Crippen LogP contribution < -0.4 is 21.3 Å². The molecular weight excluding hydrogens is 732 g/mol. The van der Waals surface area contributed by atoms with E-state index in [1.807, 2.05) is 0 Å². The van der Waals surface area contributed by atoms with Crippen molar-refractivity contribution >= 4 is 47.3 Å². The summed E-state index contributed by atoms with van der Waals surface area (Å²) in [5.41, 5.74) is 0. The van der Waals surface area contributed by atoms with E-state index < -0.39 is 60.4 Å². The average Bonchev–Trinajstić information content (AvgIpc) is 3.14. The number of carboxylic acids is 3. The summed E-state index contributed by atoms with van der Waals surface area (Å²) >= 11 is 0. The third-order valence-corrected chi connectivity index (χ3v) is 9.03. The van der Waals surface area contributed by atoms with Gasteiger partial charge in [-0.1, -0.05) is 84.0 Å². The molecule has 0 aliphatic carbocycles. The Hall–Kier alpha value is -4.12. The van der Waals surface area contributed by atoms with Gasteiger partial charge in [-0.2, -0.15) is 0 Å². The van der Waals surface area contributed by atoms with Gasteiger partial charge in [0, 0.05) is 32.2 Å². The van der Waals surface area contributed by atoms with Crippen molar-refractivity contribution in [1.29, 1.82) is 0 Å². The number of ether oxygens (including phenoxy) is 2. The zero-order valence-electron chi connectivity index (χ0n) is 33.5. The number of nitrogens with one attached hydrogen (secondary N) is 4. The van der Waals surface area contributed by atoms with Gasteiger partial charge in [0.15, 0.2) is 5.78 Å². The molecule has 0 aromatic heterocycles. The highest BCUT2D eigenvalue weighted by Gasteiger charge is 2.25. The van der Waals surface area contributed by atoms with E-state index in [1.165, 1.54) is 45.4 Å². The lowest BCUT2D eigenvalue weighted by Crippen LogP contribution is -2.51. The van der Waals surface area contributed by atoms with Gasteiger partial charge >= 0.3 is 17.9 Å². The van der Waals surface area contributed by atoms with Gasteiger partial charge in [-0.05, 0) is 39.0 Å². The van der Waals surface area contributed by atoms with Crippen LogP contribution in [0.5, 0.6) is 0 Å². The van der Waals surface area contributed by atoms with Crippen molar-refractivity contribution in [3.8, 4) is 0 Å². The molecule has 7 N–H and O–H groups in total. The van der Waals surface area contributed by atoms with Crippen LogP contribution in [0.1, 0.15) is 149 Å². The predicted molar refractivity (Wildman–Crippen MR) is 207 cm³/mol. The number of ketones is 1. The molecule has 0 aromatic rings. The standard InChI is InChI=1S/C39H68N4O13/c1-3-30(29(2)44)43-38(52)31(21-23-37(50)51)41-35(47)28-56-27-26-55-25-24-40-33(45)22-20-32(39(53)54)42-34(46)18-16-14-12-10-8-6-4-5-7-9-11-13-15-17-19-36(48)49/h30-32H,3-28H2,1-2H3,(H,40,45)(H,41,47)(H,42,46)(H,43,52)(H,48,49)(H,50,51)(H,53,54). The Bertz CT molecular complexity index is 1180. The van der Waals surface area contributed by atoms with E-state index in [0.29, 0.717) is 12.8 Å². The van der Waals surface area contributed by atoms with Crippen LogP contribution in [0.4, 0.5) is 0 Å². The van der Waals surface area contributed by atoms with Crippen LogP contribution in [0.3, 0.4) is 0 Å². The molecule has 17 heteroatoms. The molecule has 17 nitrogen and oxygen atoms in total. The minimum Gasteiger partial charge on any atom is -0.481 e. The maximum Gasteiger partial charge on any atom is 0.326 e. The highest BCUT2D eigenvalue weighted by molar-refractivity contribution is 5.92. The lowest BCUT2D eigenvalue weighted by Gasteiger charge is -2.21. The van der Waals surface area contributed by atoms with Crippen LogP contribution in [0.2, 0.25) is 0 Å². The second kappa shape index (κ2) is 34.2. The Kier molecular flexibility index (Phi) is 31.6. The quantitative estimate of drug-likeness (QED) is 0.0441. The van der Waals surface area contributed by atoms with Gasteiger partial charge in [-0.3, -0.25) is 33.6 Å². The smallest absolute Gasteiger partial charge is 0.326 e. The Labute approximate surface area is 331 Å². The van der Waals surface area contributed by atoms with Crippen LogP contribution in [0.25, 0.3) is 0 Å². The van der Waals surface area contributed by atoms with Gasteiger partial charge in [-0.15, -0.1) is 0 Å². The number of hydrogen-bond acceptors (Lipinski definition) is 10. The van der Waals surface area contributed by atoms with Crippen LogP contribution in [-0.2, 0) is 47.8 Å². The average molecular weight is 801 g/mol. The number of carbonyl (C=O) groups is 8. The fourth-order valence-corrected chi connectivity index (χ4v) is 5.75. The van der Waals surface area contributed by atoms with Gasteiger partial charge < -0.3 is 46.1 Å². The fourth-order valence-electron chi connectivity index (χ4n) is 5.75. The minimum atomic E-state index is -1.21. The van der Waals surface area contributed by atoms with E-state index in [1.54, 1.807) is 6.92 Å². The van der Waals surface area contributed by atoms with Crippen molar-refractivity contribution < 1.29 is 63.1 Å². The van der Waals surface area contributed by atoms with Crippen molar-refractivity contribution in [3.05, 3.63) is 0 Å². The molecule has 322 valence electrons. The molecule has 0 saturated carbocycles. The lowest BCUT2D eigenvalue weighted by atomic mass is 10.0. The molecule has 0 saturated heterocycles. The van der Waals surface area contributed by atoms with Crippen LogP contribution in [0, 0.1) is 0 Å². The molecule has 0 fully saturated rings. The molecule has 56 heavy (non-hydrogen) atoms. The number of carboxylic acid groups (broad SMARTS) is 3. The number of carbonyl (C=O) groups excluding carboxylic acids is 5. The van der Waals surface area contributed by atoms with E-state index in [9.17, 15) is 43.5 Å². The van der Waals surface area contributed by atoms with E-state index in [0.717, 1.165) is 44.9 Å². The third-order valence-electron chi connectivity index (χ3n) is 9.03. The number of hydrogen-bond donors (Lipinski definition) is 7. The largest absolute Gasteiger partial charge is 0.481 e. The first-order chi connectivity index (χ1) is 26.8. The van der Waals surface area contributed by atoms with Crippen molar-refractivity contribution in [2.45, 2.75) is 167 Å². The van der Waals surface area contributed by atoms with Gasteiger partial charge in [0.25, 0.3) is 0 Å². The van der Waals surface area contributed by atoms with Crippen molar-refractivity contribution in [2.24, 2.45) is 0 Å². The molecule has 0 heterocycles. The van der Waals surface area contributed by atoms with Gasteiger partial charge in [0.05, 0.1) is 25.9 Å². The topological polar surface area (TPSA) is 264 Å². The van der Waals surface area contributed by atoms with E-state index in [2.05, 4.69) is 21.3 Å². The van der Waals surface area contributed by atoms with Crippen LogP contribution in [-0.4, -0.2) is 114 Å². The molecule has 0 bridgehead atoms. The van der Waals surface area contributed by atoms with E-state index in [4.69, 9.17) is 19.7 Å². The number of rotatable bonds is 38. The first-order valence-electron chi connectivity index (χ1n) is 20.2. The van der Waals surface area contributed by atoms with E-state index in [-0.39, 0.29) is 76.6 Å². The van der Waals surface area contributed by atoms with Crippen LogP contribution in [0.15, 0.2) is 0 Å². The van der Waals surface area contributed by atoms with E-state index >= 15 is 0 Å². The molecule has 0 aromatic carbocycles. The Morgan fingerprint density at radius 3 is 1.48 bits per heavy atom. The molecule has 0 aliphatic rings. The first-order valence-corrected chi connectivity index (χ1v) is 20.2. The third kappa shape index (κ3) is 31.1. The second-order valence-electron chi connectivity index (χ2n) is 14.0. The summed E-state index contributed by atoms with van der Waals surface area (Å²) in [6.07, 6.45) is 15.0. The van der Waals surface area contributed by atoms with Crippen molar-refractivity contribution in [1.82, 2.24) is 21.3 Å².